The second-order valence-electron chi connectivity index (χ2n) is 2.83. The first kappa shape index (κ1) is 10.1. The molecule has 0 amide bonds. The highest BCUT2D eigenvalue weighted by atomic mass is 79.9. The SMILES string of the molecule is CC(=O)c1c(C)ccc(Br)c1C=O. The standard InChI is InChI=1S/C10H9BrO2/c1-6-3-4-9(11)8(5-12)10(6)7(2)13/h3-5H,1-2H3. The topological polar surface area (TPSA) is 34.1 Å². The number of benzene rings is 1. The second kappa shape index (κ2) is 3.83. The molecule has 0 fully saturated rings. The van der Waals surface area contributed by atoms with Gasteiger partial charge in [-0.25, -0.2) is 0 Å². The first-order valence-electron chi connectivity index (χ1n) is 3.83. The number of halogens is 1. The van der Waals surface area contributed by atoms with Gasteiger partial charge in [-0.3, -0.25) is 9.59 Å². The maximum Gasteiger partial charge on any atom is 0.160 e. The Hall–Kier alpha value is -0.960. The van der Waals surface area contributed by atoms with Crippen LogP contribution < -0.4 is 0 Å². The number of hydrogen-bond donors (Lipinski definition) is 0. The van der Waals surface area contributed by atoms with Crippen LogP contribution in [0.1, 0.15) is 33.2 Å². The van der Waals surface area contributed by atoms with Crippen molar-refractivity contribution < 1.29 is 9.59 Å². The molecule has 0 aliphatic rings. The molecule has 1 rings (SSSR count). The molecule has 0 aromatic heterocycles. The van der Waals surface area contributed by atoms with Crippen molar-refractivity contribution in [1.29, 1.82) is 0 Å². The molecule has 0 unspecified atom stereocenters. The van der Waals surface area contributed by atoms with Crippen LogP contribution in [0.15, 0.2) is 16.6 Å². The smallest absolute Gasteiger partial charge is 0.160 e. The summed E-state index contributed by atoms with van der Waals surface area (Å²) in [6.07, 6.45) is 0.702. The average molecular weight is 241 g/mol. The Kier molecular flexibility index (Phi) is 2.98. The lowest BCUT2D eigenvalue weighted by Gasteiger charge is -2.06. The van der Waals surface area contributed by atoms with Crippen molar-refractivity contribution in [1.82, 2.24) is 0 Å². The fraction of sp³-hybridized carbons (Fsp3) is 0.200. The van der Waals surface area contributed by atoms with Gasteiger partial charge >= 0.3 is 0 Å². The molecule has 0 heterocycles. The van der Waals surface area contributed by atoms with Gasteiger partial charge in [0.2, 0.25) is 0 Å². The van der Waals surface area contributed by atoms with Crippen LogP contribution in [-0.4, -0.2) is 12.1 Å². The van der Waals surface area contributed by atoms with E-state index in [4.69, 9.17) is 0 Å². The summed E-state index contributed by atoms with van der Waals surface area (Å²) in [6.45, 7) is 3.28. The van der Waals surface area contributed by atoms with E-state index in [-0.39, 0.29) is 5.78 Å². The molecular weight excluding hydrogens is 232 g/mol. The van der Waals surface area contributed by atoms with E-state index in [0.717, 1.165) is 5.56 Å². The van der Waals surface area contributed by atoms with Gasteiger partial charge in [0.05, 0.1) is 0 Å². The third-order valence-electron chi connectivity index (χ3n) is 1.87. The van der Waals surface area contributed by atoms with Gasteiger partial charge in [0.25, 0.3) is 0 Å². The molecule has 13 heavy (non-hydrogen) atoms. The average Bonchev–Trinajstić information content (AvgIpc) is 2.07. The van der Waals surface area contributed by atoms with Gasteiger partial charge in [0, 0.05) is 15.6 Å². The largest absolute Gasteiger partial charge is 0.298 e. The summed E-state index contributed by atoms with van der Waals surface area (Å²) in [5.74, 6) is -0.0825. The zero-order valence-corrected chi connectivity index (χ0v) is 9.01. The first-order valence-corrected chi connectivity index (χ1v) is 4.62. The van der Waals surface area contributed by atoms with Crippen LogP contribution in [0.5, 0.6) is 0 Å². The van der Waals surface area contributed by atoms with Crippen LogP contribution in [0.2, 0.25) is 0 Å². The van der Waals surface area contributed by atoms with Crippen molar-refractivity contribution in [3.8, 4) is 0 Å². The monoisotopic (exact) mass is 240 g/mol. The van der Waals surface area contributed by atoms with Crippen molar-refractivity contribution in [2.24, 2.45) is 0 Å². The lowest BCUT2D eigenvalue weighted by atomic mass is 10.00. The molecule has 0 atom stereocenters. The minimum atomic E-state index is -0.0825. The molecular formula is C10H9BrO2. The van der Waals surface area contributed by atoms with Crippen molar-refractivity contribution in [2.75, 3.05) is 0 Å². The van der Waals surface area contributed by atoms with E-state index in [0.29, 0.717) is 21.9 Å². The summed E-state index contributed by atoms with van der Waals surface area (Å²) in [7, 11) is 0. The highest BCUT2D eigenvalue weighted by Crippen LogP contribution is 2.22. The highest BCUT2D eigenvalue weighted by Gasteiger charge is 2.12. The van der Waals surface area contributed by atoms with Crippen LogP contribution in [-0.2, 0) is 0 Å². The van der Waals surface area contributed by atoms with E-state index in [1.165, 1.54) is 6.92 Å². The molecule has 1 aromatic carbocycles. The first-order chi connectivity index (χ1) is 6.07. The number of ketones is 1. The fourth-order valence-corrected chi connectivity index (χ4v) is 1.71. The lowest BCUT2D eigenvalue weighted by molar-refractivity contribution is 0.100. The van der Waals surface area contributed by atoms with E-state index in [1.54, 1.807) is 6.07 Å². The molecule has 0 bridgehead atoms. The molecule has 2 nitrogen and oxygen atoms in total. The number of Topliss-reactive ketones (excluding diaryl/α,β-unsaturated/α-hetero) is 1. The van der Waals surface area contributed by atoms with E-state index in [9.17, 15) is 9.59 Å². The third-order valence-corrected chi connectivity index (χ3v) is 2.56. The van der Waals surface area contributed by atoms with Crippen molar-refractivity contribution in [3.05, 3.63) is 33.3 Å². The van der Waals surface area contributed by atoms with Gasteiger partial charge in [-0.2, -0.15) is 0 Å². The van der Waals surface area contributed by atoms with Gasteiger partial charge in [0.1, 0.15) is 0 Å². The fourth-order valence-electron chi connectivity index (χ4n) is 1.29. The molecule has 1 aromatic rings. The van der Waals surface area contributed by atoms with Crippen molar-refractivity contribution in [2.45, 2.75) is 13.8 Å². The Labute approximate surface area is 85.1 Å². The van der Waals surface area contributed by atoms with Gasteiger partial charge in [0.15, 0.2) is 12.1 Å². The number of aryl methyl sites for hydroxylation is 1. The molecule has 0 N–H and O–H groups in total. The summed E-state index contributed by atoms with van der Waals surface area (Å²) in [6, 6.07) is 3.58. The summed E-state index contributed by atoms with van der Waals surface area (Å²) in [5, 5.41) is 0. The second-order valence-corrected chi connectivity index (χ2v) is 3.68. The molecule has 0 aliphatic carbocycles. The zero-order chi connectivity index (χ0) is 10.0. The van der Waals surface area contributed by atoms with Crippen LogP contribution in [0, 0.1) is 6.92 Å². The van der Waals surface area contributed by atoms with Crippen molar-refractivity contribution in [3.63, 3.8) is 0 Å². The zero-order valence-electron chi connectivity index (χ0n) is 7.43. The Balaban J connectivity index is 3.52. The number of hydrogen-bond acceptors (Lipinski definition) is 2. The van der Waals surface area contributed by atoms with Gasteiger partial charge < -0.3 is 0 Å². The number of carbonyl (C=O) groups is 2. The molecule has 0 radical (unpaired) electrons. The summed E-state index contributed by atoms with van der Waals surface area (Å²) in [4.78, 5) is 21.9. The van der Waals surface area contributed by atoms with Crippen molar-refractivity contribution >= 4 is 28.0 Å². The van der Waals surface area contributed by atoms with Crippen LogP contribution >= 0.6 is 15.9 Å². The minimum Gasteiger partial charge on any atom is -0.298 e. The van der Waals surface area contributed by atoms with E-state index in [2.05, 4.69) is 15.9 Å². The summed E-state index contributed by atoms with van der Waals surface area (Å²) < 4.78 is 0.665. The molecule has 0 saturated heterocycles. The van der Waals surface area contributed by atoms with E-state index in [1.807, 2.05) is 13.0 Å². The Morgan fingerprint density at radius 1 is 1.46 bits per heavy atom. The van der Waals surface area contributed by atoms with E-state index < -0.39 is 0 Å². The summed E-state index contributed by atoms with van der Waals surface area (Å²) in [5.41, 5.74) is 1.77. The van der Waals surface area contributed by atoms with E-state index >= 15 is 0 Å². The predicted molar refractivity (Wildman–Crippen MR) is 54.3 cm³/mol. The van der Waals surface area contributed by atoms with Crippen LogP contribution in [0.4, 0.5) is 0 Å². The molecule has 0 saturated carbocycles. The van der Waals surface area contributed by atoms with Gasteiger partial charge in [-0.05, 0) is 25.5 Å². The van der Waals surface area contributed by atoms with Crippen LogP contribution in [0.25, 0.3) is 0 Å². The maximum absolute atomic E-state index is 11.2. The quantitative estimate of drug-likeness (QED) is 0.589. The summed E-state index contributed by atoms with van der Waals surface area (Å²) >= 11 is 3.23. The van der Waals surface area contributed by atoms with Gasteiger partial charge in [-0.15, -0.1) is 0 Å². The van der Waals surface area contributed by atoms with Crippen LogP contribution in [0.3, 0.4) is 0 Å². The number of carbonyl (C=O) groups excluding carboxylic acids is 2. The Morgan fingerprint density at radius 3 is 2.46 bits per heavy atom. The number of rotatable bonds is 2. The number of aldehydes is 1. The molecule has 68 valence electrons. The minimum absolute atomic E-state index is 0.0825. The Morgan fingerprint density at radius 2 is 2.08 bits per heavy atom. The molecule has 0 aliphatic heterocycles. The lowest BCUT2D eigenvalue weighted by Crippen LogP contribution is -2.02. The molecule has 3 heteroatoms. The third kappa shape index (κ3) is 1.86. The van der Waals surface area contributed by atoms with Gasteiger partial charge in [-0.1, -0.05) is 22.0 Å². The normalized spacial score (nSPS) is 9.77. The molecule has 0 spiro atoms. The highest BCUT2D eigenvalue weighted by molar-refractivity contribution is 9.10. The predicted octanol–water partition coefficient (Wildman–Crippen LogP) is 2.77. The maximum atomic E-state index is 11.2. The Bertz CT molecular complexity index is 369.